The number of nitrogen functional groups attached to an aromatic ring is 1. The van der Waals surface area contributed by atoms with Gasteiger partial charge in [-0.15, -0.1) is 0 Å². The van der Waals surface area contributed by atoms with Crippen LogP contribution in [0.5, 0.6) is 11.5 Å². The van der Waals surface area contributed by atoms with Gasteiger partial charge in [0.25, 0.3) is 0 Å². The summed E-state index contributed by atoms with van der Waals surface area (Å²) in [5.41, 5.74) is 8.81. The Morgan fingerprint density at radius 3 is 2.74 bits per heavy atom. The summed E-state index contributed by atoms with van der Waals surface area (Å²) in [6, 6.07) is 5.68. The molecule has 0 fully saturated rings. The summed E-state index contributed by atoms with van der Waals surface area (Å²) in [7, 11) is -3.47. The number of nitrogens with one attached hydrogen (secondary N) is 1. The first-order valence-corrected chi connectivity index (χ1v) is 13.0. The quantitative estimate of drug-likeness (QED) is 0.287. The predicted octanol–water partition coefficient (Wildman–Crippen LogP) is 2.14. The Morgan fingerprint density at radius 1 is 1.15 bits per heavy atom. The van der Waals surface area contributed by atoms with Crippen molar-refractivity contribution in [2.45, 2.75) is 35.9 Å². The summed E-state index contributed by atoms with van der Waals surface area (Å²) in [5, 5.41) is 12.9. The zero-order chi connectivity index (χ0) is 23.7. The number of ether oxygens (including phenoxy) is 2. The van der Waals surface area contributed by atoms with Crippen LogP contribution in [0.15, 0.2) is 40.8 Å². The highest BCUT2D eigenvalue weighted by molar-refractivity contribution is 7.99. The molecule has 14 heteroatoms. The van der Waals surface area contributed by atoms with Crippen LogP contribution >= 0.6 is 11.8 Å². The number of nitrogens with zero attached hydrogens (tertiary/aromatic N) is 5. The van der Waals surface area contributed by atoms with E-state index in [2.05, 4.69) is 20.2 Å². The molecule has 5 N–H and O–H groups in total. The minimum Gasteiger partial charge on any atom is -0.454 e. The number of sulfonamides is 1. The van der Waals surface area contributed by atoms with Crippen molar-refractivity contribution in [3.8, 4) is 22.8 Å². The monoisotopic (exact) mass is 502 g/mol. The third-order valence-electron chi connectivity index (χ3n) is 5.29. The molecule has 0 spiro atoms. The molecule has 178 valence electrons. The first kappa shape index (κ1) is 22.4. The van der Waals surface area contributed by atoms with Crippen molar-refractivity contribution in [2.75, 3.05) is 18.3 Å². The number of primary sulfonamides is 1. The molecular formula is C20H22N8O4S2. The third kappa shape index (κ3) is 4.64. The number of aryl methyl sites for hydroxylation is 1. The topological polar surface area (TPSA) is 177 Å². The number of unbranched alkanes of at least 4 members (excludes halogenated alkanes) is 2. The van der Waals surface area contributed by atoms with Gasteiger partial charge < -0.3 is 19.8 Å². The SMILES string of the molecule is Nc1ncnc2c1nc(Sc1cc3c(cc1-c1cc[nH]n1)OCO3)n2CCCCCS(N)(=O)=O. The van der Waals surface area contributed by atoms with Gasteiger partial charge in [0.2, 0.25) is 16.8 Å². The number of nitrogens with two attached hydrogens (primary N) is 2. The molecule has 1 aliphatic rings. The molecular weight excluding hydrogens is 480 g/mol. The highest BCUT2D eigenvalue weighted by Crippen LogP contribution is 2.44. The van der Waals surface area contributed by atoms with Crippen molar-refractivity contribution in [2.24, 2.45) is 5.14 Å². The predicted molar refractivity (Wildman–Crippen MR) is 126 cm³/mol. The molecule has 0 saturated heterocycles. The van der Waals surface area contributed by atoms with Crippen molar-refractivity contribution >= 4 is 38.8 Å². The van der Waals surface area contributed by atoms with E-state index in [4.69, 9.17) is 25.3 Å². The molecule has 0 saturated carbocycles. The Labute approximate surface area is 199 Å². The lowest BCUT2D eigenvalue weighted by Gasteiger charge is -2.11. The fraction of sp³-hybridized carbons (Fsp3) is 0.300. The molecule has 0 bridgehead atoms. The van der Waals surface area contributed by atoms with Gasteiger partial charge in [0.1, 0.15) is 6.33 Å². The van der Waals surface area contributed by atoms with Gasteiger partial charge in [-0.1, -0.05) is 18.2 Å². The fourth-order valence-corrected chi connectivity index (χ4v) is 5.35. The van der Waals surface area contributed by atoms with Gasteiger partial charge in [0.15, 0.2) is 33.6 Å². The van der Waals surface area contributed by atoms with Crippen LogP contribution in [0.2, 0.25) is 0 Å². The molecule has 0 aliphatic carbocycles. The summed E-state index contributed by atoms with van der Waals surface area (Å²) in [6.07, 6.45) is 5.04. The molecule has 4 heterocycles. The lowest BCUT2D eigenvalue weighted by atomic mass is 10.1. The van der Waals surface area contributed by atoms with Crippen LogP contribution in [-0.2, 0) is 16.6 Å². The number of fused-ring (bicyclic) bond motifs is 2. The molecule has 1 aliphatic heterocycles. The molecule has 0 atom stereocenters. The van der Waals surface area contributed by atoms with Gasteiger partial charge in [-0.2, -0.15) is 5.10 Å². The molecule has 3 aromatic heterocycles. The number of rotatable bonds is 9. The Hall–Kier alpha value is -3.36. The van der Waals surface area contributed by atoms with E-state index in [1.54, 1.807) is 6.20 Å². The Kier molecular flexibility index (Phi) is 6.02. The number of benzene rings is 1. The lowest BCUT2D eigenvalue weighted by Crippen LogP contribution is -2.16. The van der Waals surface area contributed by atoms with Crippen LogP contribution in [0.1, 0.15) is 19.3 Å². The Bertz CT molecular complexity index is 1440. The van der Waals surface area contributed by atoms with Crippen molar-refractivity contribution in [1.29, 1.82) is 0 Å². The van der Waals surface area contributed by atoms with Gasteiger partial charge >= 0.3 is 0 Å². The minimum atomic E-state index is -3.47. The average molecular weight is 503 g/mol. The van der Waals surface area contributed by atoms with E-state index in [0.717, 1.165) is 16.2 Å². The van der Waals surface area contributed by atoms with Gasteiger partial charge in [0.05, 0.1) is 11.4 Å². The smallest absolute Gasteiger partial charge is 0.231 e. The zero-order valence-electron chi connectivity index (χ0n) is 18.0. The number of imidazole rings is 1. The first-order chi connectivity index (χ1) is 16.4. The number of hydrogen-bond donors (Lipinski definition) is 3. The standard InChI is InChI=1S/C20H22N8O4S2/c21-18-17-19(24-10-23-18)28(6-2-1-3-7-34(22,29)30)20(26-17)33-16-9-15-14(31-11-32-15)8-12(16)13-4-5-25-27-13/h4-5,8-10H,1-3,6-7,11H2,(H,25,27)(H2,21,23,24)(H2,22,29,30). The Balaban J connectivity index is 1.48. The van der Waals surface area contributed by atoms with Crippen molar-refractivity contribution in [3.05, 3.63) is 30.7 Å². The fourth-order valence-electron chi connectivity index (χ4n) is 3.68. The first-order valence-electron chi connectivity index (χ1n) is 10.5. The number of hydrogen-bond acceptors (Lipinski definition) is 10. The molecule has 0 amide bonds. The van der Waals surface area contributed by atoms with E-state index >= 15 is 0 Å². The van der Waals surface area contributed by atoms with Crippen molar-refractivity contribution in [3.63, 3.8) is 0 Å². The molecule has 1 aromatic carbocycles. The average Bonchev–Trinajstić information content (AvgIpc) is 3.53. The van der Waals surface area contributed by atoms with E-state index in [-0.39, 0.29) is 18.4 Å². The van der Waals surface area contributed by atoms with E-state index in [0.29, 0.717) is 53.6 Å². The molecule has 4 aromatic rings. The molecule has 34 heavy (non-hydrogen) atoms. The summed E-state index contributed by atoms with van der Waals surface area (Å²) >= 11 is 1.43. The van der Waals surface area contributed by atoms with Crippen molar-refractivity contribution < 1.29 is 17.9 Å². The maximum absolute atomic E-state index is 11.2. The zero-order valence-corrected chi connectivity index (χ0v) is 19.6. The van der Waals surface area contributed by atoms with E-state index in [1.165, 1.54) is 18.1 Å². The highest BCUT2D eigenvalue weighted by atomic mass is 32.2. The molecule has 0 unspecified atom stereocenters. The maximum Gasteiger partial charge on any atom is 0.231 e. The van der Waals surface area contributed by atoms with E-state index < -0.39 is 10.0 Å². The molecule has 12 nitrogen and oxygen atoms in total. The lowest BCUT2D eigenvalue weighted by molar-refractivity contribution is 0.174. The minimum absolute atomic E-state index is 0.0430. The number of anilines is 1. The molecule has 5 rings (SSSR count). The van der Waals surface area contributed by atoms with Gasteiger partial charge in [-0.3, -0.25) is 5.10 Å². The van der Waals surface area contributed by atoms with E-state index in [1.807, 2.05) is 22.8 Å². The molecule has 0 radical (unpaired) electrons. The van der Waals surface area contributed by atoms with Crippen molar-refractivity contribution in [1.82, 2.24) is 29.7 Å². The largest absolute Gasteiger partial charge is 0.454 e. The second-order valence-corrected chi connectivity index (χ2v) is 10.4. The number of H-pyrrole nitrogens is 1. The maximum atomic E-state index is 11.2. The summed E-state index contributed by atoms with van der Waals surface area (Å²) < 4.78 is 35.5. The number of aromatic amines is 1. The number of aromatic nitrogens is 6. The van der Waals surface area contributed by atoms with Gasteiger partial charge in [0, 0.05) is 23.2 Å². The normalized spacial score (nSPS) is 13.1. The van der Waals surface area contributed by atoms with Crippen LogP contribution in [0.25, 0.3) is 22.4 Å². The van der Waals surface area contributed by atoms with Crippen LogP contribution in [0.4, 0.5) is 5.82 Å². The van der Waals surface area contributed by atoms with Crippen LogP contribution in [0, 0.1) is 0 Å². The summed E-state index contributed by atoms with van der Waals surface area (Å²) in [6.45, 7) is 0.731. The highest BCUT2D eigenvalue weighted by Gasteiger charge is 2.22. The van der Waals surface area contributed by atoms with Gasteiger partial charge in [-0.05, 0) is 31.0 Å². The van der Waals surface area contributed by atoms with Gasteiger partial charge in [-0.25, -0.2) is 28.5 Å². The van der Waals surface area contributed by atoms with Crippen LogP contribution < -0.4 is 20.3 Å². The van der Waals surface area contributed by atoms with E-state index in [9.17, 15) is 8.42 Å². The summed E-state index contributed by atoms with van der Waals surface area (Å²) in [4.78, 5) is 14.0. The second kappa shape index (κ2) is 9.12. The van der Waals surface area contributed by atoms with Crippen LogP contribution in [-0.4, -0.2) is 50.7 Å². The van der Waals surface area contributed by atoms with Crippen LogP contribution in [0.3, 0.4) is 0 Å². The second-order valence-electron chi connectivity index (χ2n) is 7.67. The Morgan fingerprint density at radius 2 is 1.97 bits per heavy atom. The summed E-state index contributed by atoms with van der Waals surface area (Å²) in [5.74, 6) is 1.55. The third-order valence-corrected chi connectivity index (χ3v) is 7.20.